The van der Waals surface area contributed by atoms with Crippen LogP contribution in [0.2, 0.25) is 5.28 Å². The van der Waals surface area contributed by atoms with Gasteiger partial charge in [0.1, 0.15) is 6.20 Å². The molecule has 0 bridgehead atoms. The van der Waals surface area contributed by atoms with Gasteiger partial charge in [-0.05, 0) is 23.7 Å². The molecule has 0 fully saturated rings. The van der Waals surface area contributed by atoms with Gasteiger partial charge in [-0.3, -0.25) is 14.9 Å². The van der Waals surface area contributed by atoms with Crippen LogP contribution in [0.15, 0.2) is 30.5 Å². The van der Waals surface area contributed by atoms with E-state index in [1.165, 1.54) is 13.0 Å². The Labute approximate surface area is 123 Å². The Morgan fingerprint density at radius 3 is 2.81 bits per heavy atom. The number of nitrogens with one attached hydrogen (secondary N) is 1. The van der Waals surface area contributed by atoms with Gasteiger partial charge < -0.3 is 10.1 Å². The van der Waals surface area contributed by atoms with E-state index in [2.05, 4.69) is 15.3 Å². The number of hydrogen-bond acceptors (Lipinski definition) is 6. The highest BCUT2D eigenvalue weighted by Crippen LogP contribution is 2.33. The zero-order chi connectivity index (χ0) is 15.4. The van der Waals surface area contributed by atoms with Crippen LogP contribution in [0.25, 0.3) is 0 Å². The van der Waals surface area contributed by atoms with Crippen molar-refractivity contribution < 1.29 is 14.5 Å². The molecule has 1 heterocycles. The molecule has 9 heteroatoms. The number of hydrogen-bond donors (Lipinski definition) is 1. The Kier molecular flexibility index (Phi) is 4.29. The molecule has 2 rings (SSSR count). The van der Waals surface area contributed by atoms with E-state index in [0.29, 0.717) is 5.69 Å². The Hall–Kier alpha value is -2.74. The third-order valence-electron chi connectivity index (χ3n) is 2.31. The van der Waals surface area contributed by atoms with Crippen LogP contribution in [0.5, 0.6) is 11.6 Å². The van der Waals surface area contributed by atoms with Gasteiger partial charge in [0.05, 0.1) is 10.6 Å². The average Bonchev–Trinajstić information content (AvgIpc) is 2.40. The Morgan fingerprint density at radius 1 is 1.43 bits per heavy atom. The molecule has 0 spiro atoms. The number of nitro groups is 1. The summed E-state index contributed by atoms with van der Waals surface area (Å²) in [5, 5.41) is 13.3. The van der Waals surface area contributed by atoms with Gasteiger partial charge in [-0.2, -0.15) is 4.98 Å². The molecule has 1 N–H and O–H groups in total. The minimum Gasteiger partial charge on any atom is -0.431 e. The molecule has 0 atom stereocenters. The van der Waals surface area contributed by atoms with Crippen molar-refractivity contribution in [2.75, 3.05) is 5.32 Å². The number of amides is 1. The zero-order valence-electron chi connectivity index (χ0n) is 10.7. The first-order chi connectivity index (χ1) is 9.97. The summed E-state index contributed by atoms with van der Waals surface area (Å²) >= 11 is 5.62. The number of nitrogens with zero attached hydrogens (tertiary/aromatic N) is 3. The summed E-state index contributed by atoms with van der Waals surface area (Å²) < 4.78 is 5.39. The van der Waals surface area contributed by atoms with E-state index in [9.17, 15) is 14.9 Å². The van der Waals surface area contributed by atoms with Crippen LogP contribution < -0.4 is 10.1 Å². The summed E-state index contributed by atoms with van der Waals surface area (Å²) in [5.41, 5.74) is -0.0777. The smallest absolute Gasteiger partial charge is 0.349 e. The van der Waals surface area contributed by atoms with Crippen molar-refractivity contribution in [1.82, 2.24) is 9.97 Å². The highest BCUT2D eigenvalue weighted by atomic mass is 35.5. The van der Waals surface area contributed by atoms with Crippen molar-refractivity contribution in [1.29, 1.82) is 0 Å². The fourth-order valence-electron chi connectivity index (χ4n) is 1.49. The molecule has 1 aromatic carbocycles. The first-order valence-corrected chi connectivity index (χ1v) is 6.06. The van der Waals surface area contributed by atoms with E-state index in [1.807, 2.05) is 0 Å². The molecular formula is C12H9ClN4O4. The van der Waals surface area contributed by atoms with E-state index in [0.717, 1.165) is 6.20 Å². The molecule has 8 nitrogen and oxygen atoms in total. The van der Waals surface area contributed by atoms with Gasteiger partial charge in [0.25, 0.3) is 0 Å². The maximum atomic E-state index is 11.1. The number of aromatic nitrogens is 2. The van der Waals surface area contributed by atoms with Crippen molar-refractivity contribution in [3.05, 3.63) is 45.9 Å². The molecule has 0 saturated carbocycles. The van der Waals surface area contributed by atoms with E-state index < -0.39 is 10.6 Å². The van der Waals surface area contributed by atoms with Crippen molar-refractivity contribution in [3.63, 3.8) is 0 Å². The minimum atomic E-state index is -0.688. The molecule has 0 saturated heterocycles. The monoisotopic (exact) mass is 308 g/mol. The first kappa shape index (κ1) is 14.7. The molecule has 1 amide bonds. The van der Waals surface area contributed by atoms with Crippen molar-refractivity contribution in [2.24, 2.45) is 0 Å². The average molecular weight is 309 g/mol. The topological polar surface area (TPSA) is 107 Å². The van der Waals surface area contributed by atoms with E-state index in [4.69, 9.17) is 16.3 Å². The third kappa shape index (κ3) is 3.63. The highest BCUT2D eigenvalue weighted by Gasteiger charge is 2.20. The predicted molar refractivity (Wildman–Crippen MR) is 74.5 cm³/mol. The van der Waals surface area contributed by atoms with E-state index in [-0.39, 0.29) is 22.8 Å². The molecule has 21 heavy (non-hydrogen) atoms. The van der Waals surface area contributed by atoms with Crippen LogP contribution in [0.1, 0.15) is 6.92 Å². The van der Waals surface area contributed by atoms with Crippen molar-refractivity contribution in [2.45, 2.75) is 6.92 Å². The first-order valence-electron chi connectivity index (χ1n) is 5.69. The largest absolute Gasteiger partial charge is 0.431 e. The van der Waals surface area contributed by atoms with Gasteiger partial charge in [-0.15, -0.1) is 0 Å². The van der Waals surface area contributed by atoms with Crippen molar-refractivity contribution in [3.8, 4) is 11.6 Å². The summed E-state index contributed by atoms with van der Waals surface area (Å²) in [6.45, 7) is 1.33. The molecular weight excluding hydrogens is 300 g/mol. The number of benzene rings is 1. The number of ether oxygens (including phenoxy) is 1. The van der Waals surface area contributed by atoms with Crippen LogP contribution in [0, 0.1) is 10.1 Å². The second-order valence-corrected chi connectivity index (χ2v) is 4.20. The number of halogens is 1. The van der Waals surface area contributed by atoms with Gasteiger partial charge in [-0.25, -0.2) is 4.98 Å². The molecule has 0 radical (unpaired) electrons. The SMILES string of the molecule is CC(=O)Nc1ccccc1Oc1nc(Cl)ncc1[N+](=O)[O-]. The number of para-hydroxylation sites is 2. The molecule has 2 aromatic rings. The predicted octanol–water partition coefficient (Wildman–Crippen LogP) is 2.79. The van der Waals surface area contributed by atoms with Crippen LogP contribution >= 0.6 is 11.6 Å². The number of anilines is 1. The lowest BCUT2D eigenvalue weighted by molar-refractivity contribution is -0.386. The molecule has 0 unspecified atom stereocenters. The van der Waals surface area contributed by atoms with Crippen LogP contribution in [0.3, 0.4) is 0 Å². The lowest BCUT2D eigenvalue weighted by Gasteiger charge is -2.10. The molecule has 108 valence electrons. The maximum Gasteiger partial charge on any atom is 0.349 e. The lowest BCUT2D eigenvalue weighted by Crippen LogP contribution is -2.07. The van der Waals surface area contributed by atoms with E-state index in [1.54, 1.807) is 18.2 Å². The third-order valence-corrected chi connectivity index (χ3v) is 2.49. The van der Waals surface area contributed by atoms with Gasteiger partial charge in [-0.1, -0.05) is 12.1 Å². The standard InChI is InChI=1S/C12H9ClN4O4/c1-7(18)15-8-4-2-3-5-10(8)21-11-9(17(19)20)6-14-12(13)16-11/h2-6H,1H3,(H,15,18). The highest BCUT2D eigenvalue weighted by molar-refractivity contribution is 6.28. The molecule has 0 aliphatic carbocycles. The summed E-state index contributed by atoms with van der Waals surface area (Å²) in [6.07, 6.45) is 0.950. The van der Waals surface area contributed by atoms with Crippen LogP contribution in [-0.4, -0.2) is 20.8 Å². The van der Waals surface area contributed by atoms with Gasteiger partial charge in [0, 0.05) is 6.92 Å². The second-order valence-electron chi connectivity index (χ2n) is 3.87. The fourth-order valence-corrected chi connectivity index (χ4v) is 1.62. The Bertz CT molecular complexity index is 707. The Morgan fingerprint density at radius 2 is 2.14 bits per heavy atom. The maximum absolute atomic E-state index is 11.1. The van der Waals surface area contributed by atoms with Gasteiger partial charge in [0.15, 0.2) is 5.75 Å². The number of rotatable bonds is 4. The van der Waals surface area contributed by atoms with Gasteiger partial charge in [0.2, 0.25) is 11.2 Å². The lowest BCUT2D eigenvalue weighted by atomic mass is 10.3. The summed E-state index contributed by atoms with van der Waals surface area (Å²) in [6, 6.07) is 6.45. The fraction of sp³-hybridized carbons (Fsp3) is 0.0833. The number of carbonyl (C=O) groups is 1. The summed E-state index contributed by atoms with van der Waals surface area (Å²) in [7, 11) is 0. The quantitative estimate of drug-likeness (QED) is 0.528. The molecule has 0 aliphatic rings. The van der Waals surface area contributed by atoms with E-state index >= 15 is 0 Å². The normalized spacial score (nSPS) is 10.0. The second kappa shape index (κ2) is 6.14. The molecule has 0 aliphatic heterocycles. The minimum absolute atomic E-state index is 0.187. The van der Waals surface area contributed by atoms with Gasteiger partial charge >= 0.3 is 11.6 Å². The zero-order valence-corrected chi connectivity index (χ0v) is 11.5. The molecule has 1 aromatic heterocycles. The van der Waals surface area contributed by atoms with Crippen molar-refractivity contribution >= 4 is 28.9 Å². The summed E-state index contributed by atoms with van der Waals surface area (Å²) in [4.78, 5) is 28.6. The number of carbonyl (C=O) groups excluding carboxylic acids is 1. The summed E-state index contributed by atoms with van der Waals surface area (Å²) in [5.74, 6) is -0.412. The Balaban J connectivity index is 2.40. The van der Waals surface area contributed by atoms with Crippen LogP contribution in [-0.2, 0) is 4.79 Å². The van der Waals surface area contributed by atoms with Crippen LogP contribution in [0.4, 0.5) is 11.4 Å².